The number of likely N-dealkylation sites (N-methyl/N-ethyl adjacent to an activating group) is 1. The Hall–Kier alpha value is -1.10. The monoisotopic (exact) mass is 213 g/mol. The third kappa shape index (κ3) is 2.68. The van der Waals surface area contributed by atoms with E-state index in [1.807, 2.05) is 4.90 Å². The third-order valence-corrected chi connectivity index (χ3v) is 3.00. The molecular formula is C10H19N3O2. The summed E-state index contributed by atoms with van der Waals surface area (Å²) in [5, 5.41) is 2.63. The van der Waals surface area contributed by atoms with Crippen LogP contribution in [0.25, 0.3) is 0 Å². The van der Waals surface area contributed by atoms with Crippen molar-refractivity contribution in [3.63, 3.8) is 0 Å². The number of rotatable bonds is 3. The number of piperidine rings is 1. The van der Waals surface area contributed by atoms with Crippen LogP contribution in [0.5, 0.6) is 0 Å². The molecule has 2 amide bonds. The van der Waals surface area contributed by atoms with Crippen LogP contribution in [-0.4, -0.2) is 42.4 Å². The molecule has 0 aromatic heterocycles. The molecule has 86 valence electrons. The van der Waals surface area contributed by atoms with Crippen LogP contribution in [0.15, 0.2) is 0 Å². The van der Waals surface area contributed by atoms with E-state index in [-0.39, 0.29) is 23.9 Å². The van der Waals surface area contributed by atoms with E-state index in [0.717, 1.165) is 25.8 Å². The first-order valence-electron chi connectivity index (χ1n) is 5.34. The summed E-state index contributed by atoms with van der Waals surface area (Å²) in [6.07, 6.45) is 2.85. The van der Waals surface area contributed by atoms with Crippen LogP contribution in [0.3, 0.4) is 0 Å². The summed E-state index contributed by atoms with van der Waals surface area (Å²) in [4.78, 5) is 24.6. The second-order valence-electron chi connectivity index (χ2n) is 3.94. The lowest BCUT2D eigenvalue weighted by molar-refractivity contribution is -0.131. The first-order valence-corrected chi connectivity index (χ1v) is 5.34. The Bertz CT molecular complexity index is 255. The van der Waals surface area contributed by atoms with Gasteiger partial charge in [-0.15, -0.1) is 0 Å². The molecule has 0 aliphatic carbocycles. The second kappa shape index (κ2) is 5.11. The van der Waals surface area contributed by atoms with E-state index in [4.69, 9.17) is 5.73 Å². The molecule has 1 rings (SSSR count). The van der Waals surface area contributed by atoms with Gasteiger partial charge < -0.3 is 11.1 Å². The fourth-order valence-corrected chi connectivity index (χ4v) is 2.03. The molecule has 0 saturated carbocycles. The van der Waals surface area contributed by atoms with Crippen molar-refractivity contribution in [2.45, 2.75) is 38.3 Å². The predicted octanol–water partition coefficient (Wildman–Crippen LogP) is -0.539. The van der Waals surface area contributed by atoms with Crippen molar-refractivity contribution in [1.82, 2.24) is 10.2 Å². The Labute approximate surface area is 90.0 Å². The maximum absolute atomic E-state index is 11.6. The smallest absolute Gasteiger partial charge is 0.237 e. The quantitative estimate of drug-likeness (QED) is 0.661. The van der Waals surface area contributed by atoms with Gasteiger partial charge in [-0.05, 0) is 26.3 Å². The molecule has 2 unspecified atom stereocenters. The van der Waals surface area contributed by atoms with E-state index < -0.39 is 0 Å². The van der Waals surface area contributed by atoms with E-state index in [1.54, 1.807) is 14.0 Å². The Kier molecular flexibility index (Phi) is 4.08. The number of amides is 2. The van der Waals surface area contributed by atoms with Crippen molar-refractivity contribution < 1.29 is 9.59 Å². The van der Waals surface area contributed by atoms with Crippen LogP contribution >= 0.6 is 0 Å². The number of carbonyl (C=O) groups excluding carboxylic acids is 2. The molecule has 0 radical (unpaired) electrons. The fourth-order valence-electron chi connectivity index (χ4n) is 2.03. The highest BCUT2D eigenvalue weighted by Gasteiger charge is 2.33. The third-order valence-electron chi connectivity index (χ3n) is 3.00. The summed E-state index contributed by atoms with van der Waals surface area (Å²) in [6, 6.07) is -0.571. The van der Waals surface area contributed by atoms with Crippen LogP contribution in [0.4, 0.5) is 0 Å². The maximum atomic E-state index is 11.6. The van der Waals surface area contributed by atoms with Crippen molar-refractivity contribution in [1.29, 1.82) is 0 Å². The van der Waals surface area contributed by atoms with Gasteiger partial charge in [0.2, 0.25) is 11.8 Å². The molecule has 1 aliphatic rings. The summed E-state index contributed by atoms with van der Waals surface area (Å²) < 4.78 is 0. The van der Waals surface area contributed by atoms with Gasteiger partial charge >= 0.3 is 0 Å². The number of carbonyl (C=O) groups is 2. The molecule has 2 atom stereocenters. The summed E-state index contributed by atoms with van der Waals surface area (Å²) in [6.45, 7) is 2.52. The first-order chi connectivity index (χ1) is 7.07. The van der Waals surface area contributed by atoms with Gasteiger partial charge in [-0.1, -0.05) is 6.42 Å². The Morgan fingerprint density at radius 2 is 2.13 bits per heavy atom. The van der Waals surface area contributed by atoms with Gasteiger partial charge in [0.15, 0.2) is 0 Å². The SMILES string of the molecule is CNC(=O)C1CCCCN1C(C)C(N)=O. The van der Waals surface area contributed by atoms with Crippen LogP contribution in [0, 0.1) is 0 Å². The fraction of sp³-hybridized carbons (Fsp3) is 0.800. The van der Waals surface area contributed by atoms with Crippen molar-refractivity contribution in [3.05, 3.63) is 0 Å². The first kappa shape index (κ1) is 12.0. The van der Waals surface area contributed by atoms with E-state index in [9.17, 15) is 9.59 Å². The van der Waals surface area contributed by atoms with Gasteiger partial charge in [0, 0.05) is 7.05 Å². The molecule has 1 heterocycles. The predicted molar refractivity (Wildman–Crippen MR) is 57.1 cm³/mol. The molecule has 3 N–H and O–H groups in total. The largest absolute Gasteiger partial charge is 0.368 e. The van der Waals surface area contributed by atoms with Crippen LogP contribution in [-0.2, 0) is 9.59 Å². The lowest BCUT2D eigenvalue weighted by Crippen LogP contribution is -2.55. The molecule has 1 saturated heterocycles. The topological polar surface area (TPSA) is 75.4 Å². The molecule has 0 aromatic carbocycles. The molecule has 1 aliphatic heterocycles. The standard InChI is InChI=1S/C10H19N3O2/c1-7(9(11)14)13-6-4-3-5-8(13)10(15)12-2/h7-8H,3-6H2,1-2H3,(H2,11,14)(H,12,15). The number of nitrogens with zero attached hydrogens (tertiary/aromatic N) is 1. The van der Waals surface area contributed by atoms with Gasteiger partial charge in [-0.3, -0.25) is 14.5 Å². The van der Waals surface area contributed by atoms with E-state index in [2.05, 4.69) is 5.32 Å². The Morgan fingerprint density at radius 1 is 1.47 bits per heavy atom. The van der Waals surface area contributed by atoms with Crippen molar-refractivity contribution in [2.24, 2.45) is 5.73 Å². The minimum absolute atomic E-state index is 0.0252. The van der Waals surface area contributed by atoms with Crippen LogP contribution < -0.4 is 11.1 Å². The van der Waals surface area contributed by atoms with Crippen LogP contribution in [0.1, 0.15) is 26.2 Å². The number of primary amides is 1. The minimum Gasteiger partial charge on any atom is -0.368 e. The van der Waals surface area contributed by atoms with E-state index >= 15 is 0 Å². The summed E-state index contributed by atoms with van der Waals surface area (Å²) in [7, 11) is 1.62. The number of hydrogen-bond donors (Lipinski definition) is 2. The van der Waals surface area contributed by atoms with Crippen molar-refractivity contribution >= 4 is 11.8 Å². The number of nitrogens with two attached hydrogens (primary N) is 1. The van der Waals surface area contributed by atoms with Crippen molar-refractivity contribution in [2.75, 3.05) is 13.6 Å². The Morgan fingerprint density at radius 3 is 2.67 bits per heavy atom. The zero-order valence-electron chi connectivity index (χ0n) is 9.32. The van der Waals surface area contributed by atoms with Gasteiger partial charge in [-0.25, -0.2) is 0 Å². The number of likely N-dealkylation sites (tertiary alicyclic amines) is 1. The van der Waals surface area contributed by atoms with Gasteiger partial charge in [0.25, 0.3) is 0 Å². The van der Waals surface area contributed by atoms with Crippen LogP contribution in [0.2, 0.25) is 0 Å². The molecule has 1 fully saturated rings. The lowest BCUT2D eigenvalue weighted by Gasteiger charge is -2.37. The molecule has 0 spiro atoms. The highest BCUT2D eigenvalue weighted by molar-refractivity contribution is 5.84. The molecule has 0 aromatic rings. The zero-order valence-corrected chi connectivity index (χ0v) is 9.32. The highest BCUT2D eigenvalue weighted by Crippen LogP contribution is 2.19. The lowest BCUT2D eigenvalue weighted by atomic mass is 9.99. The molecule has 15 heavy (non-hydrogen) atoms. The molecule has 0 bridgehead atoms. The second-order valence-corrected chi connectivity index (χ2v) is 3.94. The maximum Gasteiger partial charge on any atom is 0.237 e. The van der Waals surface area contributed by atoms with Gasteiger partial charge in [-0.2, -0.15) is 0 Å². The van der Waals surface area contributed by atoms with E-state index in [0.29, 0.717) is 0 Å². The zero-order chi connectivity index (χ0) is 11.4. The van der Waals surface area contributed by atoms with Crippen molar-refractivity contribution in [3.8, 4) is 0 Å². The van der Waals surface area contributed by atoms with Gasteiger partial charge in [0.1, 0.15) is 0 Å². The normalized spacial score (nSPS) is 24.5. The average molecular weight is 213 g/mol. The molecular weight excluding hydrogens is 194 g/mol. The summed E-state index contributed by atoms with van der Waals surface area (Å²) >= 11 is 0. The van der Waals surface area contributed by atoms with Gasteiger partial charge in [0.05, 0.1) is 12.1 Å². The number of nitrogens with one attached hydrogen (secondary N) is 1. The van der Waals surface area contributed by atoms with E-state index in [1.165, 1.54) is 0 Å². The average Bonchev–Trinajstić information content (AvgIpc) is 2.27. The molecule has 5 nitrogen and oxygen atoms in total. The molecule has 5 heteroatoms. The minimum atomic E-state index is -0.370. The Balaban J connectivity index is 2.73. The summed E-state index contributed by atoms with van der Waals surface area (Å²) in [5.41, 5.74) is 5.26. The summed E-state index contributed by atoms with van der Waals surface area (Å²) in [5.74, 6) is -0.395. The highest BCUT2D eigenvalue weighted by atomic mass is 16.2. The number of hydrogen-bond acceptors (Lipinski definition) is 3.